The van der Waals surface area contributed by atoms with E-state index in [-0.39, 0.29) is 36.3 Å². The Bertz CT molecular complexity index is 813. The fourth-order valence-corrected chi connectivity index (χ4v) is 2.39. The average molecular weight is 400 g/mol. The molecule has 29 heavy (non-hydrogen) atoms. The van der Waals surface area contributed by atoms with Crippen LogP contribution in [0.4, 0.5) is 8.78 Å². The number of rotatable bonds is 10. The molecule has 0 saturated heterocycles. The molecule has 8 heteroatoms. The van der Waals surface area contributed by atoms with Crippen LogP contribution in [0.15, 0.2) is 58.7 Å². The molecule has 0 bridgehead atoms. The zero-order chi connectivity index (χ0) is 20.9. The second-order valence-electron chi connectivity index (χ2n) is 6.26. The Labute approximate surface area is 167 Å². The van der Waals surface area contributed by atoms with Crippen LogP contribution in [-0.2, 0) is 9.59 Å². The number of hydrogen-bond donors (Lipinski definition) is 2. The van der Waals surface area contributed by atoms with Gasteiger partial charge in [0.2, 0.25) is 11.8 Å². The molecule has 2 N–H and O–H groups in total. The quantitative estimate of drug-likeness (QED) is 0.363. The van der Waals surface area contributed by atoms with Crippen LogP contribution in [-0.4, -0.2) is 24.2 Å². The lowest BCUT2D eigenvalue weighted by atomic mass is 10.1. The van der Waals surface area contributed by atoms with Gasteiger partial charge in [-0.15, -0.1) is 0 Å². The Morgan fingerprint density at radius 1 is 0.759 bits per heavy atom. The van der Waals surface area contributed by atoms with E-state index in [2.05, 4.69) is 21.1 Å². The lowest BCUT2D eigenvalue weighted by Gasteiger charge is -2.01. The molecule has 0 radical (unpaired) electrons. The molecule has 2 aromatic rings. The second kappa shape index (κ2) is 12.1. The fourth-order valence-electron chi connectivity index (χ4n) is 2.39. The third-order valence-corrected chi connectivity index (χ3v) is 3.81. The van der Waals surface area contributed by atoms with Gasteiger partial charge in [-0.3, -0.25) is 9.59 Å². The molecule has 0 aliphatic heterocycles. The van der Waals surface area contributed by atoms with Crippen molar-refractivity contribution in [2.24, 2.45) is 10.2 Å². The standard InChI is InChI=1S/C21H22F2N4O2/c22-18-8-4-6-16(12-18)14-24-26-20(28)10-2-1-3-11-21(29)27-25-15-17-7-5-9-19(23)13-17/h4-9,12-15H,1-3,10-11H2,(H,26,28)(H,27,29). The Morgan fingerprint density at radius 2 is 1.21 bits per heavy atom. The van der Waals surface area contributed by atoms with E-state index in [0.717, 1.165) is 0 Å². The average Bonchev–Trinajstić information content (AvgIpc) is 2.68. The van der Waals surface area contributed by atoms with Crippen molar-refractivity contribution in [2.45, 2.75) is 32.1 Å². The van der Waals surface area contributed by atoms with Crippen LogP contribution in [0.25, 0.3) is 0 Å². The summed E-state index contributed by atoms with van der Waals surface area (Å²) in [6, 6.07) is 11.7. The lowest BCUT2D eigenvalue weighted by Crippen LogP contribution is -2.18. The maximum absolute atomic E-state index is 13.0. The number of amides is 2. The Hall–Kier alpha value is -3.42. The van der Waals surface area contributed by atoms with E-state index in [1.54, 1.807) is 24.3 Å². The van der Waals surface area contributed by atoms with Crippen molar-refractivity contribution in [1.29, 1.82) is 0 Å². The summed E-state index contributed by atoms with van der Waals surface area (Å²) in [5, 5.41) is 7.56. The van der Waals surface area contributed by atoms with E-state index in [9.17, 15) is 18.4 Å². The largest absolute Gasteiger partial charge is 0.273 e. The SMILES string of the molecule is O=C(CCCCCC(=O)NN=Cc1cccc(F)c1)NN=Cc1cccc(F)c1. The van der Waals surface area contributed by atoms with E-state index in [1.807, 2.05) is 0 Å². The summed E-state index contributed by atoms with van der Waals surface area (Å²) >= 11 is 0. The van der Waals surface area contributed by atoms with Crippen LogP contribution in [0.1, 0.15) is 43.2 Å². The number of hydrazone groups is 2. The first kappa shape index (κ1) is 21.9. The molecule has 0 aromatic heterocycles. The van der Waals surface area contributed by atoms with Gasteiger partial charge >= 0.3 is 0 Å². The molecule has 2 amide bonds. The van der Waals surface area contributed by atoms with Gasteiger partial charge in [0.05, 0.1) is 12.4 Å². The van der Waals surface area contributed by atoms with Gasteiger partial charge in [-0.25, -0.2) is 19.6 Å². The molecule has 0 atom stereocenters. The maximum Gasteiger partial charge on any atom is 0.240 e. The molecule has 152 valence electrons. The van der Waals surface area contributed by atoms with Crippen LogP contribution < -0.4 is 10.9 Å². The molecule has 0 fully saturated rings. The highest BCUT2D eigenvalue weighted by Crippen LogP contribution is 2.04. The molecular weight excluding hydrogens is 378 g/mol. The molecule has 2 aromatic carbocycles. The number of carbonyl (C=O) groups excluding carboxylic acids is 2. The van der Waals surface area contributed by atoms with Gasteiger partial charge in [0.15, 0.2) is 0 Å². The van der Waals surface area contributed by atoms with Crippen molar-refractivity contribution < 1.29 is 18.4 Å². The summed E-state index contributed by atoms with van der Waals surface area (Å²) in [7, 11) is 0. The summed E-state index contributed by atoms with van der Waals surface area (Å²) in [6.07, 6.45) is 5.22. The summed E-state index contributed by atoms with van der Waals surface area (Å²) in [6.45, 7) is 0. The molecule has 0 saturated carbocycles. The predicted molar refractivity (Wildman–Crippen MR) is 107 cm³/mol. The number of nitrogens with zero attached hydrogens (tertiary/aromatic N) is 2. The molecule has 0 aliphatic carbocycles. The number of nitrogens with one attached hydrogen (secondary N) is 2. The minimum Gasteiger partial charge on any atom is -0.273 e. The maximum atomic E-state index is 13.0. The van der Waals surface area contributed by atoms with Crippen molar-refractivity contribution in [3.8, 4) is 0 Å². The molecule has 0 aliphatic rings. The zero-order valence-corrected chi connectivity index (χ0v) is 15.8. The minimum absolute atomic E-state index is 0.248. The summed E-state index contributed by atoms with van der Waals surface area (Å²) in [5.41, 5.74) is 5.87. The third-order valence-electron chi connectivity index (χ3n) is 3.81. The fraction of sp³-hybridized carbons (Fsp3) is 0.238. The van der Waals surface area contributed by atoms with E-state index in [1.165, 1.54) is 36.7 Å². The first-order valence-electron chi connectivity index (χ1n) is 9.18. The van der Waals surface area contributed by atoms with Crippen molar-refractivity contribution >= 4 is 24.2 Å². The van der Waals surface area contributed by atoms with Gasteiger partial charge in [0.1, 0.15) is 11.6 Å². The normalized spacial score (nSPS) is 11.1. The van der Waals surface area contributed by atoms with Crippen LogP contribution in [0.3, 0.4) is 0 Å². The Morgan fingerprint density at radius 3 is 1.62 bits per heavy atom. The van der Waals surface area contributed by atoms with Gasteiger partial charge in [-0.1, -0.05) is 30.7 Å². The third kappa shape index (κ3) is 9.37. The number of unbranched alkanes of at least 4 members (excludes halogenated alkanes) is 2. The molecule has 0 unspecified atom stereocenters. The lowest BCUT2D eigenvalue weighted by molar-refractivity contribution is -0.121. The highest BCUT2D eigenvalue weighted by atomic mass is 19.1. The monoisotopic (exact) mass is 400 g/mol. The topological polar surface area (TPSA) is 82.9 Å². The van der Waals surface area contributed by atoms with E-state index in [4.69, 9.17) is 0 Å². The first-order chi connectivity index (χ1) is 14.0. The van der Waals surface area contributed by atoms with Crippen LogP contribution >= 0.6 is 0 Å². The highest BCUT2D eigenvalue weighted by Gasteiger charge is 2.02. The van der Waals surface area contributed by atoms with E-state index >= 15 is 0 Å². The highest BCUT2D eigenvalue weighted by molar-refractivity contribution is 5.83. The number of halogens is 2. The molecule has 0 heterocycles. The van der Waals surface area contributed by atoms with Gasteiger partial charge in [-0.2, -0.15) is 10.2 Å². The molecule has 0 spiro atoms. The van der Waals surface area contributed by atoms with Gasteiger partial charge in [0, 0.05) is 12.8 Å². The summed E-state index contributed by atoms with van der Waals surface area (Å²) in [4.78, 5) is 23.3. The molecule has 2 rings (SSSR count). The Kier molecular flexibility index (Phi) is 9.14. The predicted octanol–water partition coefficient (Wildman–Crippen LogP) is 3.52. The van der Waals surface area contributed by atoms with Crippen molar-refractivity contribution in [3.05, 3.63) is 71.3 Å². The number of carbonyl (C=O) groups is 2. The summed E-state index contributed by atoms with van der Waals surface area (Å²) in [5.74, 6) is -1.24. The van der Waals surface area contributed by atoms with Crippen LogP contribution in [0.2, 0.25) is 0 Å². The van der Waals surface area contributed by atoms with Crippen LogP contribution in [0.5, 0.6) is 0 Å². The van der Waals surface area contributed by atoms with Gasteiger partial charge < -0.3 is 0 Å². The second-order valence-corrected chi connectivity index (χ2v) is 6.26. The van der Waals surface area contributed by atoms with Gasteiger partial charge in [0.25, 0.3) is 0 Å². The molecule has 6 nitrogen and oxygen atoms in total. The van der Waals surface area contributed by atoms with Gasteiger partial charge in [-0.05, 0) is 48.2 Å². The summed E-state index contributed by atoms with van der Waals surface area (Å²) < 4.78 is 26.0. The molecular formula is C21H22F2N4O2. The smallest absolute Gasteiger partial charge is 0.240 e. The number of benzene rings is 2. The van der Waals surface area contributed by atoms with E-state index in [0.29, 0.717) is 30.4 Å². The Balaban J connectivity index is 1.54. The van der Waals surface area contributed by atoms with Crippen molar-refractivity contribution in [2.75, 3.05) is 0 Å². The minimum atomic E-state index is -0.371. The van der Waals surface area contributed by atoms with E-state index < -0.39 is 0 Å². The zero-order valence-electron chi connectivity index (χ0n) is 15.8. The van der Waals surface area contributed by atoms with Crippen molar-refractivity contribution in [1.82, 2.24) is 10.9 Å². The van der Waals surface area contributed by atoms with Crippen LogP contribution in [0, 0.1) is 11.6 Å². The number of hydrogen-bond acceptors (Lipinski definition) is 4. The van der Waals surface area contributed by atoms with Crippen molar-refractivity contribution in [3.63, 3.8) is 0 Å². The first-order valence-corrected chi connectivity index (χ1v) is 9.18.